The summed E-state index contributed by atoms with van der Waals surface area (Å²) in [4.78, 5) is 15.3. The molecule has 1 heterocycles. The minimum atomic E-state index is -2.82. The van der Waals surface area contributed by atoms with Gasteiger partial charge in [-0.05, 0) is 6.42 Å². The topological polar surface area (TPSA) is 70.7 Å². The van der Waals surface area contributed by atoms with Gasteiger partial charge in [0, 0.05) is 18.9 Å². The Labute approximate surface area is 103 Å². The van der Waals surface area contributed by atoms with E-state index in [-0.39, 0.29) is 5.82 Å². The maximum Gasteiger partial charge on any atom is 0.319 e. The first-order chi connectivity index (χ1) is 8.61. The molecule has 0 saturated carbocycles. The summed E-state index contributed by atoms with van der Waals surface area (Å²) in [7, 11) is 0. The third-order valence-electron chi connectivity index (χ3n) is 2.39. The van der Waals surface area contributed by atoms with Gasteiger partial charge in [0.15, 0.2) is 5.92 Å². The second-order valence-electron chi connectivity index (χ2n) is 3.68. The van der Waals surface area contributed by atoms with Gasteiger partial charge in [-0.25, -0.2) is 4.98 Å². The van der Waals surface area contributed by atoms with Gasteiger partial charge in [0.1, 0.15) is 5.82 Å². The first-order valence-electron chi connectivity index (χ1n) is 5.60. The van der Waals surface area contributed by atoms with Gasteiger partial charge in [-0.1, -0.05) is 13.3 Å². The molecule has 0 saturated heterocycles. The summed E-state index contributed by atoms with van der Waals surface area (Å²) in [5, 5.41) is 11.5. The average Bonchev–Trinajstić information content (AvgIpc) is 2.79. The Hall–Kier alpha value is -1.97. The monoisotopic (exact) mass is 256 g/mol. The molecule has 98 valence electrons. The zero-order chi connectivity index (χ0) is 13.5. The molecule has 0 unspecified atom stereocenters. The third kappa shape index (κ3) is 3.26. The number of nitriles is 1. The van der Waals surface area contributed by atoms with Crippen LogP contribution in [0.15, 0.2) is 12.4 Å². The van der Waals surface area contributed by atoms with E-state index in [1.54, 1.807) is 6.07 Å². The van der Waals surface area contributed by atoms with Crippen molar-refractivity contribution in [2.75, 3.05) is 6.54 Å². The van der Waals surface area contributed by atoms with Crippen LogP contribution in [0.1, 0.15) is 38.1 Å². The number of nitrogens with zero attached hydrogens (tertiary/aromatic N) is 3. The largest absolute Gasteiger partial charge is 0.355 e. The predicted octanol–water partition coefficient (Wildman–Crippen LogP) is 1.80. The highest BCUT2D eigenvalue weighted by Crippen LogP contribution is 2.19. The van der Waals surface area contributed by atoms with Crippen molar-refractivity contribution in [3.63, 3.8) is 0 Å². The van der Waals surface area contributed by atoms with E-state index in [2.05, 4.69) is 10.3 Å². The van der Waals surface area contributed by atoms with Crippen LogP contribution >= 0.6 is 0 Å². The third-order valence-corrected chi connectivity index (χ3v) is 2.39. The first kappa shape index (κ1) is 14.1. The van der Waals surface area contributed by atoms with Gasteiger partial charge in [-0.15, -0.1) is 0 Å². The highest BCUT2D eigenvalue weighted by molar-refractivity contribution is 5.85. The van der Waals surface area contributed by atoms with Crippen LogP contribution in [0.2, 0.25) is 0 Å². The van der Waals surface area contributed by atoms with E-state index in [1.165, 1.54) is 0 Å². The summed E-state index contributed by atoms with van der Waals surface area (Å²) in [6, 6.07) is 1.70. The first-order valence-corrected chi connectivity index (χ1v) is 5.60. The van der Waals surface area contributed by atoms with Crippen molar-refractivity contribution >= 4 is 5.91 Å². The quantitative estimate of drug-likeness (QED) is 0.789. The molecule has 5 nitrogen and oxygen atoms in total. The Morgan fingerprint density at radius 2 is 2.39 bits per heavy atom. The number of nitrogens with one attached hydrogen (secondary N) is 1. The number of hydrogen-bond donors (Lipinski definition) is 1. The number of imidazole rings is 1. The Morgan fingerprint density at radius 3 is 2.94 bits per heavy atom. The van der Waals surface area contributed by atoms with Crippen LogP contribution in [-0.4, -0.2) is 22.0 Å². The summed E-state index contributed by atoms with van der Waals surface area (Å²) in [6.45, 7) is -0.442. The van der Waals surface area contributed by atoms with E-state index >= 15 is 0 Å². The molecule has 1 aromatic rings. The van der Waals surface area contributed by atoms with Crippen molar-refractivity contribution in [1.29, 1.82) is 5.26 Å². The molecule has 1 N–H and O–H groups in total. The number of amides is 1. The lowest BCUT2D eigenvalue weighted by atomic mass is 10.1. The second kappa shape index (κ2) is 6.69. The smallest absolute Gasteiger partial charge is 0.319 e. The average molecular weight is 256 g/mol. The molecule has 7 heteroatoms. The summed E-state index contributed by atoms with van der Waals surface area (Å²) in [5.74, 6) is -2.15. The van der Waals surface area contributed by atoms with E-state index in [0.717, 1.165) is 25.2 Å². The minimum Gasteiger partial charge on any atom is -0.355 e. The van der Waals surface area contributed by atoms with Gasteiger partial charge >= 0.3 is 6.55 Å². The number of unbranched alkanes of at least 4 members (excludes halogenated alkanes) is 1. The van der Waals surface area contributed by atoms with Gasteiger partial charge in [0.2, 0.25) is 5.91 Å². The number of rotatable bonds is 6. The lowest BCUT2D eigenvalue weighted by Gasteiger charge is -2.11. The SMILES string of the molecule is CCCCNC(=O)[C@@H](C#N)c1nccn1C(F)F. The zero-order valence-corrected chi connectivity index (χ0v) is 9.94. The van der Waals surface area contributed by atoms with Crippen molar-refractivity contribution < 1.29 is 13.6 Å². The van der Waals surface area contributed by atoms with Gasteiger partial charge in [0.05, 0.1) is 6.07 Å². The lowest BCUT2D eigenvalue weighted by molar-refractivity contribution is -0.121. The fourth-order valence-electron chi connectivity index (χ4n) is 1.44. The van der Waals surface area contributed by atoms with Crippen molar-refractivity contribution in [2.24, 2.45) is 0 Å². The maximum atomic E-state index is 12.6. The van der Waals surface area contributed by atoms with Crippen LogP contribution in [0.3, 0.4) is 0 Å². The van der Waals surface area contributed by atoms with Crippen molar-refractivity contribution in [3.8, 4) is 6.07 Å². The number of carbonyl (C=O) groups is 1. The summed E-state index contributed by atoms with van der Waals surface area (Å²) < 4.78 is 25.7. The fourth-order valence-corrected chi connectivity index (χ4v) is 1.44. The molecule has 1 aromatic heterocycles. The van der Waals surface area contributed by atoms with E-state index in [1.807, 2.05) is 6.92 Å². The molecule has 1 amide bonds. The molecular formula is C11H14F2N4O. The van der Waals surface area contributed by atoms with Gasteiger partial charge in [0.25, 0.3) is 0 Å². The Morgan fingerprint density at radius 1 is 1.67 bits per heavy atom. The highest BCUT2D eigenvalue weighted by atomic mass is 19.3. The fraction of sp³-hybridized carbons (Fsp3) is 0.545. The summed E-state index contributed by atoms with van der Waals surface area (Å²) >= 11 is 0. The van der Waals surface area contributed by atoms with Crippen molar-refractivity contribution in [3.05, 3.63) is 18.2 Å². The van der Waals surface area contributed by atoms with Gasteiger partial charge in [-0.3, -0.25) is 9.36 Å². The molecule has 0 fully saturated rings. The molecule has 0 aromatic carbocycles. The van der Waals surface area contributed by atoms with Crippen molar-refractivity contribution in [1.82, 2.24) is 14.9 Å². The molecule has 0 radical (unpaired) electrons. The molecule has 18 heavy (non-hydrogen) atoms. The van der Waals surface area contributed by atoms with Crippen LogP contribution in [0.5, 0.6) is 0 Å². The molecule has 0 spiro atoms. The van der Waals surface area contributed by atoms with Gasteiger partial charge < -0.3 is 5.32 Å². The second-order valence-corrected chi connectivity index (χ2v) is 3.68. The Bertz CT molecular complexity index is 438. The zero-order valence-electron chi connectivity index (χ0n) is 9.94. The van der Waals surface area contributed by atoms with E-state index in [4.69, 9.17) is 5.26 Å². The normalized spacial score (nSPS) is 12.2. The lowest BCUT2D eigenvalue weighted by Crippen LogP contribution is -2.31. The number of halogens is 2. The molecule has 0 aliphatic heterocycles. The Balaban J connectivity index is 2.80. The van der Waals surface area contributed by atoms with Crippen LogP contribution in [-0.2, 0) is 4.79 Å². The Kier molecular flexibility index (Phi) is 5.24. The van der Waals surface area contributed by atoms with E-state index in [9.17, 15) is 13.6 Å². The molecular weight excluding hydrogens is 242 g/mol. The molecule has 0 aliphatic carbocycles. The van der Waals surface area contributed by atoms with Gasteiger partial charge in [-0.2, -0.15) is 14.0 Å². The number of hydrogen-bond acceptors (Lipinski definition) is 3. The number of aromatic nitrogens is 2. The van der Waals surface area contributed by atoms with Crippen LogP contribution in [0.4, 0.5) is 8.78 Å². The predicted molar refractivity (Wildman–Crippen MR) is 59.8 cm³/mol. The highest BCUT2D eigenvalue weighted by Gasteiger charge is 2.26. The minimum absolute atomic E-state index is 0.235. The maximum absolute atomic E-state index is 12.6. The molecule has 0 aliphatic rings. The van der Waals surface area contributed by atoms with Crippen molar-refractivity contribution in [2.45, 2.75) is 32.2 Å². The molecule has 1 rings (SSSR count). The number of carbonyl (C=O) groups excluding carboxylic acids is 1. The van der Waals surface area contributed by atoms with Crippen LogP contribution < -0.4 is 5.32 Å². The molecule has 0 bridgehead atoms. The van der Waals surface area contributed by atoms with Crippen LogP contribution in [0.25, 0.3) is 0 Å². The molecule has 1 atom stereocenters. The summed E-state index contributed by atoms with van der Waals surface area (Å²) in [6.07, 6.45) is 3.85. The summed E-state index contributed by atoms with van der Waals surface area (Å²) in [5.41, 5.74) is 0. The van der Waals surface area contributed by atoms with E-state index in [0.29, 0.717) is 11.1 Å². The number of alkyl halides is 2. The van der Waals surface area contributed by atoms with E-state index < -0.39 is 18.4 Å². The van der Waals surface area contributed by atoms with Crippen LogP contribution in [0, 0.1) is 11.3 Å². The standard InChI is InChI=1S/C11H14F2N4O/c1-2-3-4-16-10(18)8(7-14)9-15-5-6-17(9)11(12)13/h5-6,8,11H,2-4H2,1H3,(H,16,18)/t8-/m0/s1.